The smallest absolute Gasteiger partial charge is 0.471 e. The van der Waals surface area contributed by atoms with E-state index in [1.807, 2.05) is 5.32 Å². The number of benzene rings is 1. The Morgan fingerprint density at radius 3 is 2.45 bits per heavy atom. The monoisotopic (exact) mass is 310 g/mol. The van der Waals surface area contributed by atoms with Crippen LogP contribution in [0.3, 0.4) is 0 Å². The van der Waals surface area contributed by atoms with Crippen molar-refractivity contribution >= 4 is 11.6 Å². The lowest BCUT2D eigenvalue weighted by Crippen LogP contribution is -2.30. The highest BCUT2D eigenvalue weighted by Gasteiger charge is 2.39. The van der Waals surface area contributed by atoms with Gasteiger partial charge in [0.25, 0.3) is 0 Å². The van der Waals surface area contributed by atoms with E-state index in [1.54, 1.807) is 43.6 Å². The SMILES string of the molecule is CCOc1cc(-c2ccncc2)ccc1NC(=O)C(F)(F)F. The quantitative estimate of drug-likeness (QED) is 0.938. The van der Waals surface area contributed by atoms with Crippen molar-refractivity contribution in [3.05, 3.63) is 42.7 Å². The highest BCUT2D eigenvalue weighted by atomic mass is 19.4. The summed E-state index contributed by atoms with van der Waals surface area (Å²) in [5.74, 6) is -1.86. The number of carbonyl (C=O) groups excluding carboxylic acids is 1. The maximum absolute atomic E-state index is 12.3. The van der Waals surface area contributed by atoms with E-state index in [1.165, 1.54) is 6.07 Å². The Balaban J connectivity index is 2.34. The van der Waals surface area contributed by atoms with Gasteiger partial charge in [-0.05, 0) is 42.3 Å². The Kier molecular flexibility index (Phi) is 4.65. The number of nitrogens with one attached hydrogen (secondary N) is 1. The molecule has 4 nitrogen and oxygen atoms in total. The lowest BCUT2D eigenvalue weighted by atomic mass is 10.1. The molecular weight excluding hydrogens is 297 g/mol. The van der Waals surface area contributed by atoms with Crippen LogP contribution < -0.4 is 10.1 Å². The number of aromatic nitrogens is 1. The first-order valence-electron chi connectivity index (χ1n) is 6.47. The number of nitrogens with zero attached hydrogens (tertiary/aromatic N) is 1. The Morgan fingerprint density at radius 1 is 1.18 bits per heavy atom. The molecule has 1 amide bonds. The van der Waals surface area contributed by atoms with Crippen molar-refractivity contribution in [2.75, 3.05) is 11.9 Å². The highest BCUT2D eigenvalue weighted by Crippen LogP contribution is 2.32. The van der Waals surface area contributed by atoms with E-state index >= 15 is 0 Å². The van der Waals surface area contributed by atoms with Gasteiger partial charge in [0, 0.05) is 12.4 Å². The van der Waals surface area contributed by atoms with Crippen LogP contribution in [0.15, 0.2) is 42.7 Å². The Bertz CT molecular complexity index is 658. The van der Waals surface area contributed by atoms with E-state index in [0.29, 0.717) is 0 Å². The molecule has 0 aliphatic carbocycles. The molecule has 2 aromatic rings. The zero-order chi connectivity index (χ0) is 16.2. The molecule has 0 saturated heterocycles. The van der Waals surface area contributed by atoms with E-state index in [-0.39, 0.29) is 18.0 Å². The number of pyridine rings is 1. The maximum atomic E-state index is 12.3. The van der Waals surface area contributed by atoms with Crippen molar-refractivity contribution in [3.8, 4) is 16.9 Å². The molecule has 1 aromatic carbocycles. The van der Waals surface area contributed by atoms with Crippen molar-refractivity contribution in [2.45, 2.75) is 13.1 Å². The fourth-order valence-electron chi connectivity index (χ4n) is 1.82. The number of carbonyl (C=O) groups is 1. The van der Waals surface area contributed by atoms with Gasteiger partial charge in [-0.15, -0.1) is 0 Å². The van der Waals surface area contributed by atoms with E-state index < -0.39 is 12.1 Å². The third-order valence-corrected chi connectivity index (χ3v) is 2.80. The summed E-state index contributed by atoms with van der Waals surface area (Å²) in [7, 11) is 0. The van der Waals surface area contributed by atoms with Gasteiger partial charge in [0.05, 0.1) is 12.3 Å². The molecule has 0 saturated carbocycles. The summed E-state index contributed by atoms with van der Waals surface area (Å²) in [6.45, 7) is 1.96. The van der Waals surface area contributed by atoms with Crippen LogP contribution in [0.5, 0.6) is 5.75 Å². The van der Waals surface area contributed by atoms with Gasteiger partial charge >= 0.3 is 12.1 Å². The molecule has 0 fully saturated rings. The van der Waals surface area contributed by atoms with Crippen molar-refractivity contribution in [1.82, 2.24) is 4.98 Å². The first-order chi connectivity index (χ1) is 10.4. The summed E-state index contributed by atoms with van der Waals surface area (Å²) in [4.78, 5) is 14.9. The predicted molar refractivity (Wildman–Crippen MR) is 75.5 cm³/mol. The lowest BCUT2D eigenvalue weighted by Gasteiger charge is -2.14. The number of hydrogen-bond donors (Lipinski definition) is 1. The van der Waals surface area contributed by atoms with E-state index in [2.05, 4.69) is 4.98 Å². The Hall–Kier alpha value is -2.57. The Labute approximate surface area is 124 Å². The minimum atomic E-state index is -4.95. The van der Waals surface area contributed by atoms with Gasteiger partial charge in [0.1, 0.15) is 5.75 Å². The van der Waals surface area contributed by atoms with Gasteiger partial charge in [-0.3, -0.25) is 9.78 Å². The van der Waals surface area contributed by atoms with Crippen molar-refractivity contribution in [3.63, 3.8) is 0 Å². The third-order valence-electron chi connectivity index (χ3n) is 2.80. The molecule has 2 rings (SSSR count). The summed E-state index contributed by atoms with van der Waals surface area (Å²) in [6.07, 6.45) is -1.74. The van der Waals surface area contributed by atoms with Crippen LogP contribution in [-0.2, 0) is 4.79 Å². The molecule has 22 heavy (non-hydrogen) atoms. The van der Waals surface area contributed by atoms with Gasteiger partial charge in [-0.1, -0.05) is 6.07 Å². The molecule has 1 N–H and O–H groups in total. The summed E-state index contributed by atoms with van der Waals surface area (Å²) < 4.78 is 42.3. The zero-order valence-corrected chi connectivity index (χ0v) is 11.6. The second-order valence-corrected chi connectivity index (χ2v) is 4.33. The molecule has 7 heteroatoms. The van der Waals surface area contributed by atoms with E-state index in [4.69, 9.17) is 4.74 Å². The van der Waals surface area contributed by atoms with Crippen molar-refractivity contribution in [2.24, 2.45) is 0 Å². The van der Waals surface area contributed by atoms with Gasteiger partial charge in [-0.25, -0.2) is 0 Å². The average Bonchev–Trinajstić information content (AvgIpc) is 2.49. The van der Waals surface area contributed by atoms with Crippen LogP contribution in [0.25, 0.3) is 11.1 Å². The lowest BCUT2D eigenvalue weighted by molar-refractivity contribution is -0.167. The second kappa shape index (κ2) is 6.46. The van der Waals surface area contributed by atoms with Crippen LogP contribution in [0.2, 0.25) is 0 Å². The fourth-order valence-corrected chi connectivity index (χ4v) is 1.82. The number of anilines is 1. The van der Waals surface area contributed by atoms with Crippen molar-refractivity contribution in [1.29, 1.82) is 0 Å². The number of alkyl halides is 3. The number of hydrogen-bond acceptors (Lipinski definition) is 3. The van der Waals surface area contributed by atoms with Gasteiger partial charge in [-0.2, -0.15) is 13.2 Å². The number of ether oxygens (including phenoxy) is 1. The van der Waals surface area contributed by atoms with E-state index in [9.17, 15) is 18.0 Å². The number of amides is 1. The minimum Gasteiger partial charge on any atom is -0.492 e. The summed E-state index contributed by atoms with van der Waals surface area (Å²) >= 11 is 0. The molecule has 1 heterocycles. The molecule has 0 atom stereocenters. The van der Waals surface area contributed by atoms with Crippen molar-refractivity contribution < 1.29 is 22.7 Å². The van der Waals surface area contributed by atoms with Crippen LogP contribution in [-0.4, -0.2) is 23.7 Å². The van der Waals surface area contributed by atoms with E-state index in [0.717, 1.165) is 11.1 Å². The zero-order valence-electron chi connectivity index (χ0n) is 11.6. The average molecular weight is 310 g/mol. The largest absolute Gasteiger partial charge is 0.492 e. The fraction of sp³-hybridized carbons (Fsp3) is 0.200. The summed E-state index contributed by atoms with van der Waals surface area (Å²) in [5.41, 5.74) is 1.56. The maximum Gasteiger partial charge on any atom is 0.471 e. The van der Waals surface area contributed by atoms with Gasteiger partial charge in [0.2, 0.25) is 0 Å². The standard InChI is InChI=1S/C15H13F3N2O2/c1-2-22-13-9-11(10-5-7-19-8-6-10)3-4-12(13)20-14(21)15(16,17)18/h3-9H,2H2,1H3,(H,20,21). The number of halogens is 3. The van der Waals surface area contributed by atoms with Gasteiger partial charge < -0.3 is 10.1 Å². The molecule has 116 valence electrons. The van der Waals surface area contributed by atoms with Crippen LogP contribution in [0.1, 0.15) is 6.92 Å². The summed E-state index contributed by atoms with van der Waals surface area (Å²) in [6, 6.07) is 8.08. The highest BCUT2D eigenvalue weighted by molar-refractivity contribution is 5.96. The molecule has 0 unspecified atom stereocenters. The Morgan fingerprint density at radius 2 is 1.86 bits per heavy atom. The molecule has 0 aliphatic heterocycles. The second-order valence-electron chi connectivity index (χ2n) is 4.33. The molecule has 1 aromatic heterocycles. The third kappa shape index (κ3) is 3.75. The topological polar surface area (TPSA) is 51.2 Å². The normalized spacial score (nSPS) is 11.1. The minimum absolute atomic E-state index is 0.0259. The molecule has 0 bridgehead atoms. The predicted octanol–water partition coefficient (Wildman–Crippen LogP) is 3.65. The van der Waals surface area contributed by atoms with Crippen LogP contribution in [0, 0.1) is 0 Å². The molecule has 0 aliphatic rings. The molecule has 0 radical (unpaired) electrons. The summed E-state index contributed by atoms with van der Waals surface area (Å²) in [5, 5.41) is 1.81. The number of rotatable bonds is 4. The van der Waals surface area contributed by atoms with Gasteiger partial charge in [0.15, 0.2) is 0 Å². The first kappa shape index (κ1) is 15.8. The van der Waals surface area contributed by atoms with Crippen LogP contribution >= 0.6 is 0 Å². The molecule has 0 spiro atoms. The van der Waals surface area contributed by atoms with Crippen LogP contribution in [0.4, 0.5) is 18.9 Å². The molecular formula is C15H13F3N2O2. The first-order valence-corrected chi connectivity index (χ1v) is 6.47.